The molecule has 5 heteroatoms. The van der Waals surface area contributed by atoms with Gasteiger partial charge in [0.15, 0.2) is 0 Å². The first-order valence-corrected chi connectivity index (χ1v) is 7.11. The van der Waals surface area contributed by atoms with E-state index in [9.17, 15) is 4.79 Å². The molecule has 0 radical (unpaired) electrons. The van der Waals surface area contributed by atoms with Crippen molar-refractivity contribution < 1.29 is 9.53 Å². The number of nitrogens with one attached hydrogen (secondary N) is 1. The van der Waals surface area contributed by atoms with Crippen molar-refractivity contribution in [3.8, 4) is 0 Å². The highest BCUT2D eigenvalue weighted by atomic mass is 16.5. The van der Waals surface area contributed by atoms with Gasteiger partial charge in [0, 0.05) is 13.6 Å². The number of rotatable bonds is 7. The molecule has 1 aromatic heterocycles. The fourth-order valence-electron chi connectivity index (χ4n) is 2.35. The largest absolute Gasteiger partial charge is 0.462 e. The van der Waals surface area contributed by atoms with E-state index in [1.807, 2.05) is 14.0 Å². The third-order valence-electron chi connectivity index (χ3n) is 3.80. The molecule has 1 aromatic rings. The van der Waals surface area contributed by atoms with Gasteiger partial charge in [0.2, 0.25) is 0 Å². The van der Waals surface area contributed by atoms with E-state index in [-0.39, 0.29) is 5.97 Å². The summed E-state index contributed by atoms with van der Waals surface area (Å²) in [4.78, 5) is 11.8. The summed E-state index contributed by atoms with van der Waals surface area (Å²) in [6, 6.07) is 0. The lowest BCUT2D eigenvalue weighted by Gasteiger charge is -2.25. The molecule has 0 aliphatic heterocycles. The van der Waals surface area contributed by atoms with Crippen LogP contribution in [0, 0.1) is 5.92 Å². The van der Waals surface area contributed by atoms with Crippen LogP contribution in [0.5, 0.6) is 0 Å². The molecule has 0 bridgehead atoms. The first kappa shape index (κ1) is 14.1. The van der Waals surface area contributed by atoms with Crippen molar-refractivity contribution in [1.29, 1.82) is 0 Å². The van der Waals surface area contributed by atoms with Gasteiger partial charge in [0.25, 0.3) is 0 Å². The fourth-order valence-corrected chi connectivity index (χ4v) is 2.35. The van der Waals surface area contributed by atoms with E-state index in [1.165, 1.54) is 25.7 Å². The molecule has 0 aromatic carbocycles. The predicted molar refractivity (Wildman–Crippen MR) is 72.8 cm³/mol. The molecule has 1 heterocycles. The molecule has 2 rings (SSSR count). The van der Waals surface area contributed by atoms with E-state index in [4.69, 9.17) is 4.74 Å². The first-order chi connectivity index (χ1) is 9.22. The summed E-state index contributed by atoms with van der Waals surface area (Å²) in [5.74, 6) is 0.620. The number of esters is 1. The number of carbonyl (C=O) groups is 1. The zero-order chi connectivity index (χ0) is 13.7. The van der Waals surface area contributed by atoms with Gasteiger partial charge in [-0.15, -0.1) is 0 Å². The topological polar surface area (TPSA) is 56.1 Å². The number of aromatic nitrogens is 2. The minimum Gasteiger partial charge on any atom is -0.462 e. The lowest BCUT2D eigenvalue weighted by molar-refractivity contribution is 0.0524. The summed E-state index contributed by atoms with van der Waals surface area (Å²) < 4.78 is 6.77. The van der Waals surface area contributed by atoms with Crippen molar-refractivity contribution in [3.63, 3.8) is 0 Å². The Morgan fingerprint density at radius 2 is 2.37 bits per heavy atom. The van der Waals surface area contributed by atoms with Crippen LogP contribution in [0.25, 0.3) is 0 Å². The molecular weight excluding hydrogens is 242 g/mol. The number of carbonyl (C=O) groups excluding carboxylic acids is 1. The summed E-state index contributed by atoms with van der Waals surface area (Å²) in [6.45, 7) is 3.86. The number of hydrogen-bond acceptors (Lipinski definition) is 4. The Kier molecular flexibility index (Phi) is 4.96. The molecule has 1 aliphatic rings. The van der Waals surface area contributed by atoms with Crippen LogP contribution in [0.1, 0.15) is 48.7 Å². The highest BCUT2D eigenvalue weighted by Crippen LogP contribution is 2.28. The average molecular weight is 265 g/mol. The molecular formula is C14H23N3O2. The van der Waals surface area contributed by atoms with Crippen molar-refractivity contribution >= 4 is 5.97 Å². The van der Waals surface area contributed by atoms with Crippen LogP contribution in [0.2, 0.25) is 0 Å². The van der Waals surface area contributed by atoms with Crippen LogP contribution < -0.4 is 5.32 Å². The second-order valence-electron chi connectivity index (χ2n) is 5.11. The summed E-state index contributed by atoms with van der Waals surface area (Å²) >= 11 is 0. The van der Waals surface area contributed by atoms with Crippen molar-refractivity contribution in [2.75, 3.05) is 13.2 Å². The zero-order valence-corrected chi connectivity index (χ0v) is 11.8. The number of ether oxygens (including phenoxy) is 1. The minimum absolute atomic E-state index is 0.286. The normalized spacial score (nSPS) is 15.3. The number of nitrogens with zero attached hydrogens (tertiary/aromatic N) is 2. The van der Waals surface area contributed by atoms with Crippen molar-refractivity contribution in [2.24, 2.45) is 13.0 Å². The van der Waals surface area contributed by atoms with Gasteiger partial charge < -0.3 is 10.1 Å². The van der Waals surface area contributed by atoms with Crippen molar-refractivity contribution in [1.82, 2.24) is 15.1 Å². The average Bonchev–Trinajstić information content (AvgIpc) is 2.69. The predicted octanol–water partition coefficient (Wildman–Crippen LogP) is 1.88. The van der Waals surface area contributed by atoms with E-state index in [0.29, 0.717) is 18.7 Å². The van der Waals surface area contributed by atoms with Gasteiger partial charge in [-0.25, -0.2) is 4.79 Å². The Morgan fingerprint density at radius 3 is 3.00 bits per heavy atom. The molecule has 0 saturated heterocycles. The highest BCUT2D eigenvalue weighted by molar-refractivity contribution is 5.90. The van der Waals surface area contributed by atoms with Gasteiger partial charge in [0.05, 0.1) is 18.5 Å². The smallest absolute Gasteiger partial charge is 0.341 e. The lowest BCUT2D eigenvalue weighted by Crippen LogP contribution is -2.23. The Morgan fingerprint density at radius 1 is 1.58 bits per heavy atom. The number of hydrogen-bond donors (Lipinski definition) is 1. The van der Waals surface area contributed by atoms with Crippen LogP contribution in [0.15, 0.2) is 6.20 Å². The molecule has 1 saturated carbocycles. The van der Waals surface area contributed by atoms with Gasteiger partial charge in [-0.05, 0) is 25.8 Å². The number of aryl methyl sites for hydroxylation is 1. The quantitative estimate of drug-likeness (QED) is 0.604. The zero-order valence-electron chi connectivity index (χ0n) is 11.8. The summed E-state index contributed by atoms with van der Waals surface area (Å²) in [6.07, 6.45) is 6.95. The molecule has 0 spiro atoms. The molecule has 5 nitrogen and oxygen atoms in total. The Hall–Kier alpha value is -1.36. The molecule has 1 aliphatic carbocycles. The monoisotopic (exact) mass is 265 g/mol. The SMILES string of the molecule is CCOC(=O)c1cnn(C)c1CNCCC1CCC1. The maximum atomic E-state index is 11.8. The standard InChI is InChI=1S/C14H23N3O2/c1-3-19-14(18)12-9-16-17(2)13(12)10-15-8-7-11-5-4-6-11/h9,11,15H,3-8,10H2,1-2H3. The third-order valence-corrected chi connectivity index (χ3v) is 3.80. The molecule has 106 valence electrons. The van der Waals surface area contributed by atoms with Crippen molar-refractivity contribution in [3.05, 3.63) is 17.5 Å². The Labute approximate surface area is 114 Å². The highest BCUT2D eigenvalue weighted by Gasteiger charge is 2.18. The molecule has 19 heavy (non-hydrogen) atoms. The lowest BCUT2D eigenvalue weighted by atomic mass is 9.83. The molecule has 1 fully saturated rings. The Bertz CT molecular complexity index is 424. The van der Waals surface area contributed by atoms with E-state index in [2.05, 4.69) is 10.4 Å². The first-order valence-electron chi connectivity index (χ1n) is 7.11. The van der Waals surface area contributed by atoms with Gasteiger partial charge in [-0.3, -0.25) is 4.68 Å². The molecule has 0 unspecified atom stereocenters. The minimum atomic E-state index is -0.286. The van der Waals surface area contributed by atoms with Crippen LogP contribution in [-0.2, 0) is 18.3 Å². The van der Waals surface area contributed by atoms with E-state index >= 15 is 0 Å². The van der Waals surface area contributed by atoms with Gasteiger partial charge in [-0.2, -0.15) is 5.10 Å². The molecule has 0 atom stereocenters. The fraction of sp³-hybridized carbons (Fsp3) is 0.714. The summed E-state index contributed by atoms with van der Waals surface area (Å²) in [5.41, 5.74) is 1.47. The van der Waals surface area contributed by atoms with Crippen LogP contribution in [0.4, 0.5) is 0 Å². The summed E-state index contributed by atoms with van der Waals surface area (Å²) in [5, 5.41) is 7.53. The Balaban J connectivity index is 1.83. The van der Waals surface area contributed by atoms with Gasteiger partial charge in [0.1, 0.15) is 5.56 Å². The van der Waals surface area contributed by atoms with Crippen LogP contribution in [0.3, 0.4) is 0 Å². The van der Waals surface area contributed by atoms with E-state index in [0.717, 1.165) is 18.2 Å². The maximum absolute atomic E-state index is 11.8. The van der Waals surface area contributed by atoms with Gasteiger partial charge >= 0.3 is 5.97 Å². The van der Waals surface area contributed by atoms with E-state index < -0.39 is 0 Å². The second kappa shape index (κ2) is 6.70. The maximum Gasteiger partial charge on any atom is 0.341 e. The third kappa shape index (κ3) is 3.56. The summed E-state index contributed by atoms with van der Waals surface area (Å²) in [7, 11) is 1.85. The van der Waals surface area contributed by atoms with E-state index in [1.54, 1.807) is 10.9 Å². The molecule has 0 amide bonds. The van der Waals surface area contributed by atoms with Crippen LogP contribution >= 0.6 is 0 Å². The molecule has 1 N–H and O–H groups in total. The second-order valence-corrected chi connectivity index (χ2v) is 5.11. The van der Waals surface area contributed by atoms with Crippen molar-refractivity contribution in [2.45, 2.75) is 39.2 Å². The van der Waals surface area contributed by atoms with Gasteiger partial charge in [-0.1, -0.05) is 19.3 Å². The van der Waals surface area contributed by atoms with Crippen LogP contribution in [-0.4, -0.2) is 28.9 Å².